The molecule has 0 spiro atoms. The topological polar surface area (TPSA) is 66.4 Å². The van der Waals surface area contributed by atoms with Crippen molar-refractivity contribution in [2.75, 3.05) is 0 Å². The van der Waals surface area contributed by atoms with Crippen LogP contribution in [0.2, 0.25) is 0 Å². The van der Waals surface area contributed by atoms with E-state index in [-0.39, 0.29) is 0 Å². The summed E-state index contributed by atoms with van der Waals surface area (Å²) in [6.07, 6.45) is 3.27. The molecule has 3 heterocycles. The lowest BCUT2D eigenvalue weighted by Crippen LogP contribution is -2.19. The number of amides is 1. The summed E-state index contributed by atoms with van der Waals surface area (Å²) in [7, 11) is 0. The number of rotatable bonds is 2. The largest absolute Gasteiger partial charge is 0.465 e. The Labute approximate surface area is 113 Å². The van der Waals surface area contributed by atoms with Gasteiger partial charge in [-0.2, -0.15) is 5.26 Å². The van der Waals surface area contributed by atoms with Gasteiger partial charge in [-0.1, -0.05) is 6.07 Å². The number of nitrogens with zero attached hydrogens (tertiary/aromatic N) is 2. The zero-order chi connectivity index (χ0) is 13.2. The summed E-state index contributed by atoms with van der Waals surface area (Å²) in [4.78, 5) is 16.8. The number of nitriles is 1. The van der Waals surface area contributed by atoms with E-state index in [4.69, 9.17) is 9.68 Å². The average Bonchev–Trinajstić information content (AvgIpc) is 3.11. The molecule has 1 unspecified atom stereocenters. The highest BCUT2D eigenvalue weighted by atomic mass is 32.1. The van der Waals surface area contributed by atoms with Gasteiger partial charge in [0.25, 0.3) is 5.91 Å². The van der Waals surface area contributed by atoms with Gasteiger partial charge in [-0.15, -0.1) is 11.3 Å². The number of hydrogen-bond donors (Lipinski definition) is 0. The zero-order valence-electron chi connectivity index (χ0n) is 9.74. The summed E-state index contributed by atoms with van der Waals surface area (Å²) in [5, 5.41) is 11.0. The molecule has 0 bridgehead atoms. The average molecular weight is 268 g/mol. The van der Waals surface area contributed by atoms with Gasteiger partial charge >= 0.3 is 0 Å². The van der Waals surface area contributed by atoms with Crippen LogP contribution >= 0.6 is 11.3 Å². The minimum absolute atomic E-state index is 0.445. The van der Waals surface area contributed by atoms with Crippen LogP contribution in [-0.4, -0.2) is 11.6 Å². The Balaban J connectivity index is 2.11. The molecular weight excluding hydrogens is 260 g/mol. The van der Waals surface area contributed by atoms with Crippen LogP contribution in [0.4, 0.5) is 0 Å². The van der Waals surface area contributed by atoms with Gasteiger partial charge in [-0.3, -0.25) is 4.79 Å². The fourth-order valence-corrected chi connectivity index (χ4v) is 2.60. The summed E-state index contributed by atoms with van der Waals surface area (Å²) >= 11 is 1.50. The Morgan fingerprint density at radius 3 is 2.89 bits per heavy atom. The summed E-state index contributed by atoms with van der Waals surface area (Å²) in [6, 6.07) is 9.22. The lowest BCUT2D eigenvalue weighted by Gasteiger charge is -2.14. The molecule has 0 fully saturated rings. The number of dihydropyridines is 1. The second-order valence-corrected chi connectivity index (χ2v) is 4.90. The van der Waals surface area contributed by atoms with Gasteiger partial charge in [0.05, 0.1) is 22.9 Å². The SMILES string of the molecule is N#CC1C(=O)N=C(c2cccs2)C=C1c1ccco1. The number of hydrogen-bond acceptors (Lipinski definition) is 4. The van der Waals surface area contributed by atoms with Crippen molar-refractivity contribution in [3.05, 3.63) is 52.6 Å². The van der Waals surface area contributed by atoms with Crippen LogP contribution in [0.5, 0.6) is 0 Å². The smallest absolute Gasteiger partial charge is 0.268 e. The number of aliphatic imine (C=N–C) groups is 1. The molecule has 1 aliphatic rings. The van der Waals surface area contributed by atoms with E-state index >= 15 is 0 Å². The molecule has 0 N–H and O–H groups in total. The van der Waals surface area contributed by atoms with Crippen LogP contribution in [0.15, 0.2) is 51.4 Å². The molecular formula is C14H8N2O2S. The molecule has 1 amide bonds. The summed E-state index contributed by atoms with van der Waals surface area (Å²) in [5.41, 5.74) is 1.15. The first-order valence-electron chi connectivity index (χ1n) is 5.61. The van der Waals surface area contributed by atoms with Gasteiger partial charge in [-0.05, 0) is 29.7 Å². The van der Waals surface area contributed by atoms with E-state index in [1.54, 1.807) is 18.2 Å². The Hall–Kier alpha value is -2.45. The van der Waals surface area contributed by atoms with Crippen LogP contribution in [0.3, 0.4) is 0 Å². The van der Waals surface area contributed by atoms with E-state index in [0.29, 0.717) is 17.0 Å². The van der Waals surface area contributed by atoms with Crippen LogP contribution in [0, 0.1) is 17.2 Å². The maximum atomic E-state index is 11.9. The lowest BCUT2D eigenvalue weighted by molar-refractivity contribution is -0.118. The van der Waals surface area contributed by atoms with Crippen LogP contribution < -0.4 is 0 Å². The maximum absolute atomic E-state index is 11.9. The number of allylic oxidation sites excluding steroid dienone is 1. The molecule has 0 aromatic carbocycles. The first-order chi connectivity index (χ1) is 9.29. The molecule has 3 rings (SSSR count). The van der Waals surface area contributed by atoms with Gasteiger partial charge in [0, 0.05) is 5.57 Å². The molecule has 4 nitrogen and oxygen atoms in total. The third-order valence-corrected chi connectivity index (χ3v) is 3.68. The van der Waals surface area contributed by atoms with Gasteiger partial charge < -0.3 is 4.42 Å². The van der Waals surface area contributed by atoms with Crippen molar-refractivity contribution in [2.24, 2.45) is 10.9 Å². The second kappa shape index (κ2) is 4.67. The number of thiophene rings is 1. The van der Waals surface area contributed by atoms with E-state index in [2.05, 4.69) is 4.99 Å². The van der Waals surface area contributed by atoms with Crippen LogP contribution in [0.25, 0.3) is 5.57 Å². The Morgan fingerprint density at radius 1 is 1.37 bits per heavy atom. The van der Waals surface area contributed by atoms with Crippen molar-refractivity contribution in [3.63, 3.8) is 0 Å². The quantitative estimate of drug-likeness (QED) is 0.841. The second-order valence-electron chi connectivity index (χ2n) is 3.95. The van der Waals surface area contributed by atoms with Crippen molar-refractivity contribution >= 4 is 28.5 Å². The Morgan fingerprint density at radius 2 is 2.26 bits per heavy atom. The molecule has 2 aromatic heterocycles. The molecule has 2 aromatic rings. The standard InChI is InChI=1S/C14H8N2O2S/c15-8-10-9(12-3-1-5-18-12)7-11(16-14(10)17)13-4-2-6-19-13/h1-7,10H. The Kier molecular flexibility index (Phi) is 2.86. The maximum Gasteiger partial charge on any atom is 0.268 e. The highest BCUT2D eigenvalue weighted by molar-refractivity contribution is 7.12. The predicted octanol–water partition coefficient (Wildman–Crippen LogP) is 2.89. The third-order valence-electron chi connectivity index (χ3n) is 2.79. The van der Waals surface area contributed by atoms with Gasteiger partial charge in [0.2, 0.25) is 0 Å². The molecule has 0 saturated heterocycles. The molecule has 0 aliphatic carbocycles. The fourth-order valence-electron chi connectivity index (χ4n) is 1.91. The number of carbonyl (C=O) groups is 1. The highest BCUT2D eigenvalue weighted by Gasteiger charge is 2.30. The summed E-state index contributed by atoms with van der Waals surface area (Å²) in [6.45, 7) is 0. The van der Waals surface area contributed by atoms with E-state index in [9.17, 15) is 4.79 Å². The summed E-state index contributed by atoms with van der Waals surface area (Å²) < 4.78 is 5.30. The minimum Gasteiger partial charge on any atom is -0.465 e. The third kappa shape index (κ3) is 2.02. The zero-order valence-corrected chi connectivity index (χ0v) is 10.6. The molecule has 92 valence electrons. The summed E-state index contributed by atoms with van der Waals surface area (Å²) in [5.74, 6) is -0.807. The molecule has 1 atom stereocenters. The molecule has 1 aliphatic heterocycles. The van der Waals surface area contributed by atoms with Crippen molar-refractivity contribution < 1.29 is 9.21 Å². The van der Waals surface area contributed by atoms with Crippen molar-refractivity contribution in [3.8, 4) is 6.07 Å². The van der Waals surface area contributed by atoms with Gasteiger partial charge in [0.1, 0.15) is 5.76 Å². The van der Waals surface area contributed by atoms with E-state index in [1.165, 1.54) is 17.6 Å². The van der Waals surface area contributed by atoms with E-state index in [1.807, 2.05) is 23.6 Å². The highest BCUT2D eigenvalue weighted by Crippen LogP contribution is 2.29. The first kappa shape index (κ1) is 11.6. The van der Waals surface area contributed by atoms with Crippen molar-refractivity contribution in [1.82, 2.24) is 0 Å². The number of furan rings is 1. The lowest BCUT2D eigenvalue weighted by atomic mass is 9.93. The van der Waals surface area contributed by atoms with E-state index < -0.39 is 11.8 Å². The van der Waals surface area contributed by atoms with E-state index in [0.717, 1.165) is 4.88 Å². The molecule has 5 heteroatoms. The fraction of sp³-hybridized carbons (Fsp3) is 0.0714. The van der Waals surface area contributed by atoms with Crippen LogP contribution in [-0.2, 0) is 4.79 Å². The monoisotopic (exact) mass is 268 g/mol. The molecule has 19 heavy (non-hydrogen) atoms. The van der Waals surface area contributed by atoms with Crippen LogP contribution in [0.1, 0.15) is 10.6 Å². The minimum atomic E-state index is -0.894. The normalized spacial score (nSPS) is 18.7. The number of carbonyl (C=O) groups excluding carboxylic acids is 1. The predicted molar refractivity (Wildman–Crippen MR) is 71.7 cm³/mol. The molecule has 0 radical (unpaired) electrons. The first-order valence-corrected chi connectivity index (χ1v) is 6.49. The van der Waals surface area contributed by atoms with Gasteiger partial charge in [0.15, 0.2) is 5.92 Å². The Bertz CT molecular complexity index is 703. The van der Waals surface area contributed by atoms with Crippen molar-refractivity contribution in [1.29, 1.82) is 5.26 Å². The molecule has 0 saturated carbocycles. The van der Waals surface area contributed by atoms with Gasteiger partial charge in [-0.25, -0.2) is 4.99 Å². The van der Waals surface area contributed by atoms with Crippen molar-refractivity contribution in [2.45, 2.75) is 0 Å².